The van der Waals surface area contributed by atoms with E-state index in [4.69, 9.17) is 0 Å². The highest BCUT2D eigenvalue weighted by molar-refractivity contribution is 5.76. The molecule has 1 fully saturated rings. The number of imidazole rings is 1. The molecule has 3 nitrogen and oxygen atoms in total. The van der Waals surface area contributed by atoms with Crippen LogP contribution in [-0.2, 0) is 13.5 Å². The molecule has 15 heavy (non-hydrogen) atoms. The summed E-state index contributed by atoms with van der Waals surface area (Å²) in [6.45, 7) is 0. The second kappa shape index (κ2) is 2.83. The number of aromatic nitrogens is 2. The normalized spacial score (nSPS) is 18.3. The van der Waals surface area contributed by atoms with E-state index in [-0.39, 0.29) is 0 Å². The molecule has 0 bridgehead atoms. The molecule has 78 valence electrons. The predicted molar refractivity (Wildman–Crippen MR) is 58.6 cm³/mol. The lowest BCUT2D eigenvalue weighted by atomic mass is 10.1. The quantitative estimate of drug-likeness (QED) is 0.804. The minimum atomic E-state index is -0.414. The Labute approximate surface area is 88.4 Å². The lowest BCUT2D eigenvalue weighted by Gasteiger charge is -2.07. The first-order valence-corrected chi connectivity index (χ1v) is 5.29. The average Bonchev–Trinajstić information content (AvgIpc) is 2.81. The molecule has 3 heteroatoms. The second-order valence-electron chi connectivity index (χ2n) is 4.58. The summed E-state index contributed by atoms with van der Waals surface area (Å²) < 4.78 is 2.00. The van der Waals surface area contributed by atoms with Crippen LogP contribution in [0.1, 0.15) is 18.4 Å². The highest BCUT2D eigenvalue weighted by Gasteiger charge is 2.40. The molecule has 0 amide bonds. The molecule has 3 rings (SSSR count). The van der Waals surface area contributed by atoms with Gasteiger partial charge >= 0.3 is 0 Å². The standard InChI is InChI=1S/C12H14N2O/c1-14-8-13-10-6-9(2-3-11(10)14)7-12(15)4-5-12/h2-3,6,8,15H,4-5,7H2,1H3. The maximum absolute atomic E-state index is 9.83. The third-order valence-electron chi connectivity index (χ3n) is 3.15. The Morgan fingerprint density at radius 1 is 1.47 bits per heavy atom. The highest BCUT2D eigenvalue weighted by atomic mass is 16.3. The molecule has 0 atom stereocenters. The van der Waals surface area contributed by atoms with Crippen molar-refractivity contribution in [3.8, 4) is 0 Å². The van der Waals surface area contributed by atoms with Crippen LogP contribution in [0.5, 0.6) is 0 Å². The summed E-state index contributed by atoms with van der Waals surface area (Å²) in [5.41, 5.74) is 2.92. The largest absolute Gasteiger partial charge is 0.390 e. The smallest absolute Gasteiger partial charge is 0.0955 e. The first-order valence-electron chi connectivity index (χ1n) is 5.29. The Balaban J connectivity index is 1.99. The van der Waals surface area contributed by atoms with Crippen LogP contribution in [0.2, 0.25) is 0 Å². The van der Waals surface area contributed by atoms with Gasteiger partial charge < -0.3 is 9.67 Å². The van der Waals surface area contributed by atoms with Crippen LogP contribution in [0.3, 0.4) is 0 Å². The molecule has 0 spiro atoms. The van der Waals surface area contributed by atoms with E-state index in [9.17, 15) is 5.11 Å². The SMILES string of the molecule is Cn1cnc2cc(CC3(O)CC3)ccc21. The molecule has 2 aromatic rings. The molecule has 0 unspecified atom stereocenters. The van der Waals surface area contributed by atoms with Crippen molar-refractivity contribution in [2.24, 2.45) is 7.05 Å². The molecular formula is C12H14N2O. The van der Waals surface area contributed by atoms with E-state index in [0.717, 1.165) is 30.3 Å². The van der Waals surface area contributed by atoms with Crippen molar-refractivity contribution in [3.63, 3.8) is 0 Å². The molecule has 1 saturated carbocycles. The van der Waals surface area contributed by atoms with Gasteiger partial charge in [-0.05, 0) is 30.5 Å². The van der Waals surface area contributed by atoms with E-state index in [2.05, 4.69) is 23.2 Å². The Bertz CT molecular complexity index is 511. The maximum Gasteiger partial charge on any atom is 0.0955 e. The zero-order valence-electron chi connectivity index (χ0n) is 8.77. The Hall–Kier alpha value is -1.35. The van der Waals surface area contributed by atoms with Gasteiger partial charge in [0.05, 0.1) is 23.0 Å². The van der Waals surface area contributed by atoms with E-state index in [1.807, 2.05) is 17.9 Å². The molecular weight excluding hydrogens is 188 g/mol. The van der Waals surface area contributed by atoms with Crippen LogP contribution in [0.4, 0.5) is 0 Å². The van der Waals surface area contributed by atoms with Crippen LogP contribution < -0.4 is 0 Å². The Morgan fingerprint density at radius 2 is 2.27 bits per heavy atom. The summed E-state index contributed by atoms with van der Waals surface area (Å²) in [4.78, 5) is 4.31. The molecule has 1 heterocycles. The van der Waals surface area contributed by atoms with Gasteiger partial charge in [0, 0.05) is 13.5 Å². The van der Waals surface area contributed by atoms with Crippen LogP contribution in [-0.4, -0.2) is 20.3 Å². The van der Waals surface area contributed by atoms with E-state index >= 15 is 0 Å². The fourth-order valence-corrected chi connectivity index (χ4v) is 1.99. The summed E-state index contributed by atoms with van der Waals surface area (Å²) in [6.07, 6.45) is 4.46. The number of aliphatic hydroxyl groups is 1. The minimum absolute atomic E-state index is 0.414. The van der Waals surface area contributed by atoms with Crippen molar-refractivity contribution in [2.45, 2.75) is 24.9 Å². The van der Waals surface area contributed by atoms with Gasteiger partial charge in [-0.2, -0.15) is 0 Å². The molecule has 1 N–H and O–H groups in total. The maximum atomic E-state index is 9.83. The zero-order chi connectivity index (χ0) is 10.5. The highest BCUT2D eigenvalue weighted by Crippen LogP contribution is 2.38. The summed E-state index contributed by atoms with van der Waals surface area (Å²) in [7, 11) is 1.99. The zero-order valence-corrected chi connectivity index (χ0v) is 8.77. The second-order valence-corrected chi connectivity index (χ2v) is 4.58. The summed E-state index contributed by atoms with van der Waals surface area (Å²) in [5, 5.41) is 9.83. The van der Waals surface area contributed by atoms with Crippen molar-refractivity contribution in [3.05, 3.63) is 30.1 Å². The Morgan fingerprint density at radius 3 is 3.00 bits per heavy atom. The average molecular weight is 202 g/mol. The monoisotopic (exact) mass is 202 g/mol. The number of hydrogen-bond acceptors (Lipinski definition) is 2. The van der Waals surface area contributed by atoms with E-state index in [1.165, 1.54) is 5.56 Å². The van der Waals surface area contributed by atoms with Gasteiger partial charge in [-0.3, -0.25) is 0 Å². The van der Waals surface area contributed by atoms with Crippen LogP contribution >= 0.6 is 0 Å². The van der Waals surface area contributed by atoms with Crippen molar-refractivity contribution in [2.75, 3.05) is 0 Å². The topological polar surface area (TPSA) is 38.0 Å². The molecule has 1 aromatic carbocycles. The van der Waals surface area contributed by atoms with Crippen LogP contribution in [0, 0.1) is 0 Å². The molecule has 0 aliphatic heterocycles. The third kappa shape index (κ3) is 1.53. The van der Waals surface area contributed by atoms with E-state index in [1.54, 1.807) is 0 Å². The number of hydrogen-bond donors (Lipinski definition) is 1. The summed E-state index contributed by atoms with van der Waals surface area (Å²) in [6, 6.07) is 6.23. The number of fused-ring (bicyclic) bond motifs is 1. The molecule has 1 aliphatic rings. The van der Waals surface area contributed by atoms with Crippen molar-refractivity contribution >= 4 is 11.0 Å². The molecule has 0 saturated heterocycles. The van der Waals surface area contributed by atoms with Crippen molar-refractivity contribution in [1.82, 2.24) is 9.55 Å². The molecule has 0 radical (unpaired) electrons. The van der Waals surface area contributed by atoms with Gasteiger partial charge in [0.2, 0.25) is 0 Å². The first kappa shape index (κ1) is 8.92. The lowest BCUT2D eigenvalue weighted by Crippen LogP contribution is -2.10. The number of benzene rings is 1. The van der Waals surface area contributed by atoms with Gasteiger partial charge in [0.25, 0.3) is 0 Å². The van der Waals surface area contributed by atoms with Gasteiger partial charge in [-0.15, -0.1) is 0 Å². The first-order chi connectivity index (χ1) is 7.16. The predicted octanol–water partition coefficient (Wildman–Crippen LogP) is 1.64. The lowest BCUT2D eigenvalue weighted by molar-refractivity contribution is 0.151. The fourth-order valence-electron chi connectivity index (χ4n) is 1.99. The molecule has 1 aliphatic carbocycles. The summed E-state index contributed by atoms with van der Waals surface area (Å²) >= 11 is 0. The minimum Gasteiger partial charge on any atom is -0.390 e. The number of nitrogens with zero attached hydrogens (tertiary/aromatic N) is 2. The van der Waals surface area contributed by atoms with Crippen molar-refractivity contribution in [1.29, 1.82) is 0 Å². The van der Waals surface area contributed by atoms with Gasteiger partial charge in [0.15, 0.2) is 0 Å². The van der Waals surface area contributed by atoms with Crippen LogP contribution in [0.15, 0.2) is 24.5 Å². The number of aryl methyl sites for hydroxylation is 1. The third-order valence-corrected chi connectivity index (χ3v) is 3.15. The van der Waals surface area contributed by atoms with Gasteiger partial charge in [-0.1, -0.05) is 6.07 Å². The molecule has 1 aromatic heterocycles. The van der Waals surface area contributed by atoms with Gasteiger partial charge in [-0.25, -0.2) is 4.98 Å². The van der Waals surface area contributed by atoms with Crippen molar-refractivity contribution < 1.29 is 5.11 Å². The van der Waals surface area contributed by atoms with E-state index < -0.39 is 5.60 Å². The summed E-state index contributed by atoms with van der Waals surface area (Å²) in [5.74, 6) is 0. The van der Waals surface area contributed by atoms with Crippen LogP contribution in [0.25, 0.3) is 11.0 Å². The Kier molecular flexibility index (Phi) is 1.68. The van der Waals surface area contributed by atoms with E-state index in [0.29, 0.717) is 0 Å². The number of rotatable bonds is 2. The van der Waals surface area contributed by atoms with Gasteiger partial charge in [0.1, 0.15) is 0 Å². The fraction of sp³-hybridized carbons (Fsp3) is 0.417.